The van der Waals surface area contributed by atoms with Crippen molar-refractivity contribution in [2.45, 2.75) is 58.4 Å². The lowest BCUT2D eigenvalue weighted by Crippen LogP contribution is -2.36. The zero-order valence-corrected chi connectivity index (χ0v) is 11.5. The highest BCUT2D eigenvalue weighted by molar-refractivity contribution is 7.99. The minimum Gasteiger partial charge on any atom is -0.312 e. The Balaban J connectivity index is 1.84. The van der Waals surface area contributed by atoms with Crippen molar-refractivity contribution < 1.29 is 0 Å². The molecule has 0 saturated heterocycles. The summed E-state index contributed by atoms with van der Waals surface area (Å²) in [6, 6.07) is 0. The zero-order chi connectivity index (χ0) is 11.1. The third kappa shape index (κ3) is 7.24. The Hall–Kier alpha value is 0.310. The van der Waals surface area contributed by atoms with Crippen molar-refractivity contribution in [3.8, 4) is 0 Å². The quantitative estimate of drug-likeness (QED) is 0.697. The van der Waals surface area contributed by atoms with Crippen molar-refractivity contribution in [2.75, 3.05) is 18.1 Å². The van der Waals surface area contributed by atoms with E-state index in [1.54, 1.807) is 0 Å². The number of rotatable bonds is 6. The third-order valence-corrected chi connectivity index (χ3v) is 4.23. The first-order valence-electron chi connectivity index (χ1n) is 6.41. The van der Waals surface area contributed by atoms with Gasteiger partial charge in [0.15, 0.2) is 0 Å². The molecule has 0 bridgehead atoms. The highest BCUT2D eigenvalue weighted by Crippen LogP contribution is 2.27. The molecule has 1 N–H and O–H groups in total. The molecule has 1 fully saturated rings. The molecule has 0 atom stereocenters. The van der Waals surface area contributed by atoms with Crippen LogP contribution in [-0.4, -0.2) is 23.6 Å². The molecule has 1 nitrogen and oxygen atoms in total. The second kappa shape index (κ2) is 6.80. The Labute approximate surface area is 99.8 Å². The molecule has 15 heavy (non-hydrogen) atoms. The molecule has 0 aromatic carbocycles. The molecule has 0 unspecified atom stereocenters. The number of thioether (sulfide) groups is 1. The molecule has 0 amide bonds. The fourth-order valence-corrected chi connectivity index (χ4v) is 3.25. The van der Waals surface area contributed by atoms with E-state index >= 15 is 0 Å². The number of hydrogen-bond donors (Lipinski definition) is 1. The van der Waals surface area contributed by atoms with Crippen molar-refractivity contribution in [1.82, 2.24) is 5.32 Å². The summed E-state index contributed by atoms with van der Waals surface area (Å²) in [5.41, 5.74) is 0.288. The van der Waals surface area contributed by atoms with E-state index in [2.05, 4.69) is 37.8 Å². The van der Waals surface area contributed by atoms with E-state index in [-0.39, 0.29) is 5.54 Å². The van der Waals surface area contributed by atoms with Gasteiger partial charge in [-0.25, -0.2) is 0 Å². The normalized spacial score (nSPS) is 18.6. The molecule has 1 saturated carbocycles. The summed E-state index contributed by atoms with van der Waals surface area (Å²) in [6.45, 7) is 7.87. The molecule has 0 radical (unpaired) electrons. The Morgan fingerprint density at radius 1 is 1.20 bits per heavy atom. The summed E-state index contributed by atoms with van der Waals surface area (Å²) in [4.78, 5) is 0. The van der Waals surface area contributed by atoms with Crippen LogP contribution in [0.3, 0.4) is 0 Å². The van der Waals surface area contributed by atoms with Crippen LogP contribution in [0.2, 0.25) is 0 Å². The van der Waals surface area contributed by atoms with Gasteiger partial charge >= 0.3 is 0 Å². The van der Waals surface area contributed by atoms with Crippen molar-refractivity contribution in [1.29, 1.82) is 0 Å². The predicted octanol–water partition coefficient (Wildman–Crippen LogP) is 3.69. The van der Waals surface area contributed by atoms with Crippen molar-refractivity contribution in [2.24, 2.45) is 5.92 Å². The average Bonchev–Trinajstić information content (AvgIpc) is 2.61. The van der Waals surface area contributed by atoms with E-state index in [9.17, 15) is 0 Å². The van der Waals surface area contributed by atoms with Gasteiger partial charge in [0.05, 0.1) is 0 Å². The first-order valence-corrected chi connectivity index (χ1v) is 7.56. The van der Waals surface area contributed by atoms with E-state index in [0.29, 0.717) is 0 Å². The van der Waals surface area contributed by atoms with Gasteiger partial charge in [0, 0.05) is 5.54 Å². The highest BCUT2D eigenvalue weighted by Gasteiger charge is 2.14. The highest BCUT2D eigenvalue weighted by atomic mass is 32.2. The van der Waals surface area contributed by atoms with Crippen LogP contribution in [0.25, 0.3) is 0 Å². The second-order valence-electron chi connectivity index (χ2n) is 5.76. The van der Waals surface area contributed by atoms with Gasteiger partial charge in [0.25, 0.3) is 0 Å². The van der Waals surface area contributed by atoms with Gasteiger partial charge in [-0.15, -0.1) is 0 Å². The average molecular weight is 229 g/mol. The molecule has 1 aliphatic carbocycles. The molecule has 0 aromatic heterocycles. The van der Waals surface area contributed by atoms with Crippen LogP contribution in [0.15, 0.2) is 0 Å². The Morgan fingerprint density at radius 3 is 2.47 bits per heavy atom. The lowest BCUT2D eigenvalue weighted by atomic mass is 10.1. The first-order chi connectivity index (χ1) is 7.08. The van der Waals surface area contributed by atoms with Crippen LogP contribution in [0.4, 0.5) is 0 Å². The molecule has 0 spiro atoms. The number of nitrogens with one attached hydrogen (secondary N) is 1. The summed E-state index contributed by atoms with van der Waals surface area (Å²) in [5, 5.41) is 3.54. The lowest BCUT2D eigenvalue weighted by molar-refractivity contribution is 0.427. The molecule has 0 aromatic rings. The molecule has 0 aliphatic heterocycles. The van der Waals surface area contributed by atoms with Crippen LogP contribution in [0, 0.1) is 5.92 Å². The predicted molar refractivity (Wildman–Crippen MR) is 71.7 cm³/mol. The van der Waals surface area contributed by atoms with Crippen LogP contribution < -0.4 is 5.32 Å². The van der Waals surface area contributed by atoms with Crippen molar-refractivity contribution in [3.63, 3.8) is 0 Å². The maximum absolute atomic E-state index is 3.54. The van der Waals surface area contributed by atoms with Crippen LogP contribution >= 0.6 is 11.8 Å². The molecule has 0 heterocycles. The topological polar surface area (TPSA) is 12.0 Å². The molecular formula is C13H27NS. The van der Waals surface area contributed by atoms with Gasteiger partial charge in [-0.3, -0.25) is 0 Å². The first kappa shape index (κ1) is 13.4. The Kier molecular flexibility index (Phi) is 6.06. The third-order valence-electron chi connectivity index (χ3n) is 2.95. The van der Waals surface area contributed by atoms with Gasteiger partial charge in [-0.1, -0.05) is 12.8 Å². The maximum atomic E-state index is 3.54. The Morgan fingerprint density at radius 2 is 1.87 bits per heavy atom. The van der Waals surface area contributed by atoms with E-state index in [0.717, 1.165) is 5.92 Å². The van der Waals surface area contributed by atoms with E-state index in [1.807, 2.05) is 0 Å². The van der Waals surface area contributed by atoms with E-state index in [4.69, 9.17) is 0 Å². The molecule has 1 rings (SSSR count). The van der Waals surface area contributed by atoms with Crippen molar-refractivity contribution in [3.05, 3.63) is 0 Å². The largest absolute Gasteiger partial charge is 0.312 e. The lowest BCUT2D eigenvalue weighted by Gasteiger charge is -2.20. The monoisotopic (exact) mass is 229 g/mol. The van der Waals surface area contributed by atoms with Gasteiger partial charge in [-0.05, 0) is 64.0 Å². The summed E-state index contributed by atoms with van der Waals surface area (Å²) >= 11 is 2.16. The molecule has 2 heteroatoms. The summed E-state index contributed by atoms with van der Waals surface area (Å²) in [6.07, 6.45) is 7.27. The molecule has 1 aliphatic rings. The van der Waals surface area contributed by atoms with Crippen LogP contribution in [-0.2, 0) is 0 Å². The fourth-order valence-electron chi connectivity index (χ4n) is 2.06. The van der Waals surface area contributed by atoms with Crippen LogP contribution in [0.1, 0.15) is 52.9 Å². The van der Waals surface area contributed by atoms with E-state index < -0.39 is 0 Å². The summed E-state index contributed by atoms with van der Waals surface area (Å²) in [7, 11) is 0. The summed E-state index contributed by atoms with van der Waals surface area (Å²) < 4.78 is 0. The SMILES string of the molecule is CC(C)(C)NCCCSCC1CCCC1. The maximum Gasteiger partial charge on any atom is 0.00965 e. The molecule has 90 valence electrons. The standard InChI is InChI=1S/C13H27NS/c1-13(2,3)14-9-6-10-15-11-12-7-4-5-8-12/h12,14H,4-11H2,1-3H3. The van der Waals surface area contributed by atoms with Crippen molar-refractivity contribution >= 4 is 11.8 Å². The minimum atomic E-state index is 0.288. The van der Waals surface area contributed by atoms with Gasteiger partial charge in [0.1, 0.15) is 0 Å². The zero-order valence-electron chi connectivity index (χ0n) is 10.6. The van der Waals surface area contributed by atoms with Crippen LogP contribution in [0.5, 0.6) is 0 Å². The smallest absolute Gasteiger partial charge is 0.00965 e. The second-order valence-corrected chi connectivity index (χ2v) is 6.91. The fraction of sp³-hybridized carbons (Fsp3) is 1.00. The molecular weight excluding hydrogens is 202 g/mol. The summed E-state index contributed by atoms with van der Waals surface area (Å²) in [5.74, 6) is 3.79. The van der Waals surface area contributed by atoms with Gasteiger partial charge < -0.3 is 5.32 Å². The Bertz CT molecular complexity index is 156. The van der Waals surface area contributed by atoms with E-state index in [1.165, 1.54) is 50.2 Å². The number of hydrogen-bond acceptors (Lipinski definition) is 2. The van der Waals surface area contributed by atoms with Gasteiger partial charge in [-0.2, -0.15) is 11.8 Å². The van der Waals surface area contributed by atoms with Gasteiger partial charge in [0.2, 0.25) is 0 Å². The minimum absolute atomic E-state index is 0.288.